The highest BCUT2D eigenvalue weighted by Gasteiger charge is 2.04. The SMILES string of the molecule is CCCCCCNCCc1nc(C(C)C)cs1. The molecule has 2 nitrogen and oxygen atoms in total. The van der Waals surface area contributed by atoms with Gasteiger partial charge in [-0.15, -0.1) is 11.3 Å². The second kappa shape index (κ2) is 8.65. The van der Waals surface area contributed by atoms with Gasteiger partial charge in [0, 0.05) is 18.3 Å². The Kier molecular flexibility index (Phi) is 7.45. The summed E-state index contributed by atoms with van der Waals surface area (Å²) in [5.41, 5.74) is 1.24. The Morgan fingerprint density at radius 2 is 2.06 bits per heavy atom. The van der Waals surface area contributed by atoms with Crippen molar-refractivity contribution in [3.63, 3.8) is 0 Å². The first kappa shape index (κ1) is 14.7. The number of nitrogens with zero attached hydrogens (tertiary/aromatic N) is 1. The maximum Gasteiger partial charge on any atom is 0.0941 e. The molecule has 0 saturated carbocycles. The van der Waals surface area contributed by atoms with Crippen LogP contribution in [0.2, 0.25) is 0 Å². The van der Waals surface area contributed by atoms with Crippen LogP contribution in [0.1, 0.15) is 63.1 Å². The predicted molar refractivity (Wildman–Crippen MR) is 76.9 cm³/mol. The molecule has 1 aromatic heterocycles. The van der Waals surface area contributed by atoms with Crippen LogP contribution in [0.3, 0.4) is 0 Å². The average Bonchev–Trinajstić information content (AvgIpc) is 2.77. The standard InChI is InChI=1S/C14H26N2S/c1-4-5-6-7-9-15-10-8-14-16-13(11-17-14)12(2)3/h11-12,15H,4-10H2,1-3H3. The van der Waals surface area contributed by atoms with E-state index < -0.39 is 0 Å². The Morgan fingerprint density at radius 1 is 1.24 bits per heavy atom. The molecule has 0 amide bonds. The highest BCUT2D eigenvalue weighted by Crippen LogP contribution is 2.17. The lowest BCUT2D eigenvalue weighted by molar-refractivity contribution is 0.598. The average molecular weight is 254 g/mol. The summed E-state index contributed by atoms with van der Waals surface area (Å²) < 4.78 is 0. The molecule has 3 heteroatoms. The van der Waals surface area contributed by atoms with E-state index in [-0.39, 0.29) is 0 Å². The van der Waals surface area contributed by atoms with Gasteiger partial charge < -0.3 is 5.32 Å². The quantitative estimate of drug-likeness (QED) is 0.674. The fourth-order valence-corrected chi connectivity index (χ4v) is 2.66. The minimum Gasteiger partial charge on any atom is -0.316 e. The molecular weight excluding hydrogens is 228 g/mol. The van der Waals surface area contributed by atoms with Crippen molar-refractivity contribution in [2.24, 2.45) is 0 Å². The van der Waals surface area contributed by atoms with E-state index >= 15 is 0 Å². The molecule has 0 spiro atoms. The number of unbranched alkanes of at least 4 members (excludes halogenated alkanes) is 3. The zero-order valence-electron chi connectivity index (χ0n) is 11.5. The third kappa shape index (κ3) is 6.18. The molecule has 0 unspecified atom stereocenters. The van der Waals surface area contributed by atoms with Gasteiger partial charge in [-0.3, -0.25) is 0 Å². The van der Waals surface area contributed by atoms with E-state index in [1.54, 1.807) is 11.3 Å². The van der Waals surface area contributed by atoms with Gasteiger partial charge in [-0.2, -0.15) is 0 Å². The topological polar surface area (TPSA) is 24.9 Å². The van der Waals surface area contributed by atoms with Crippen LogP contribution in [0.4, 0.5) is 0 Å². The third-order valence-corrected chi connectivity index (χ3v) is 3.81. The van der Waals surface area contributed by atoms with Gasteiger partial charge in [-0.25, -0.2) is 4.98 Å². The van der Waals surface area contributed by atoms with Crippen molar-refractivity contribution in [1.82, 2.24) is 10.3 Å². The molecule has 1 heterocycles. The summed E-state index contributed by atoms with van der Waals surface area (Å²) in [5.74, 6) is 0.557. The monoisotopic (exact) mass is 254 g/mol. The summed E-state index contributed by atoms with van der Waals surface area (Å²) in [6, 6.07) is 0. The number of hydrogen-bond acceptors (Lipinski definition) is 3. The minimum atomic E-state index is 0.557. The molecule has 1 aromatic rings. The first-order valence-electron chi connectivity index (χ1n) is 6.89. The van der Waals surface area contributed by atoms with E-state index in [0.29, 0.717) is 5.92 Å². The molecule has 0 bridgehead atoms. The number of rotatable bonds is 9. The maximum atomic E-state index is 4.64. The van der Waals surface area contributed by atoms with Crippen molar-refractivity contribution in [3.05, 3.63) is 16.1 Å². The van der Waals surface area contributed by atoms with Gasteiger partial charge in [0.1, 0.15) is 0 Å². The molecule has 0 atom stereocenters. The Labute approximate surface area is 110 Å². The molecule has 0 aliphatic rings. The molecule has 0 aromatic carbocycles. The summed E-state index contributed by atoms with van der Waals surface area (Å²) in [6.45, 7) is 8.87. The summed E-state index contributed by atoms with van der Waals surface area (Å²) in [7, 11) is 0. The highest BCUT2D eigenvalue weighted by atomic mass is 32.1. The van der Waals surface area contributed by atoms with Gasteiger partial charge in [-0.05, 0) is 18.9 Å². The van der Waals surface area contributed by atoms with E-state index in [2.05, 4.69) is 36.5 Å². The number of hydrogen-bond donors (Lipinski definition) is 1. The fourth-order valence-electron chi connectivity index (χ4n) is 1.70. The largest absolute Gasteiger partial charge is 0.316 e. The highest BCUT2D eigenvalue weighted by molar-refractivity contribution is 7.09. The second-order valence-corrected chi connectivity index (χ2v) is 5.82. The van der Waals surface area contributed by atoms with Crippen LogP contribution in [0.15, 0.2) is 5.38 Å². The first-order valence-corrected chi connectivity index (χ1v) is 7.77. The van der Waals surface area contributed by atoms with Crippen LogP contribution in [-0.2, 0) is 6.42 Å². The van der Waals surface area contributed by atoms with Gasteiger partial charge in [0.05, 0.1) is 10.7 Å². The molecule has 98 valence electrons. The van der Waals surface area contributed by atoms with E-state index in [9.17, 15) is 0 Å². The van der Waals surface area contributed by atoms with Crippen molar-refractivity contribution >= 4 is 11.3 Å². The molecular formula is C14H26N2S. The van der Waals surface area contributed by atoms with Crippen molar-refractivity contribution in [2.45, 2.75) is 58.8 Å². The lowest BCUT2D eigenvalue weighted by Gasteiger charge is -2.02. The van der Waals surface area contributed by atoms with Crippen LogP contribution in [0.25, 0.3) is 0 Å². The van der Waals surface area contributed by atoms with Gasteiger partial charge in [0.2, 0.25) is 0 Å². The Bertz CT molecular complexity index is 294. The van der Waals surface area contributed by atoms with Crippen molar-refractivity contribution in [3.8, 4) is 0 Å². The van der Waals surface area contributed by atoms with Crippen molar-refractivity contribution in [2.75, 3.05) is 13.1 Å². The van der Waals surface area contributed by atoms with Crippen molar-refractivity contribution in [1.29, 1.82) is 0 Å². The van der Waals surface area contributed by atoms with Crippen LogP contribution in [-0.4, -0.2) is 18.1 Å². The second-order valence-electron chi connectivity index (χ2n) is 4.88. The molecule has 0 fully saturated rings. The van der Waals surface area contributed by atoms with E-state index in [1.165, 1.54) is 36.4 Å². The number of nitrogens with one attached hydrogen (secondary N) is 1. The van der Waals surface area contributed by atoms with Crippen LogP contribution < -0.4 is 5.32 Å². The predicted octanol–water partition coefficient (Wildman–Crippen LogP) is 3.98. The van der Waals surface area contributed by atoms with Gasteiger partial charge in [0.25, 0.3) is 0 Å². The summed E-state index contributed by atoms with van der Waals surface area (Å²) >= 11 is 1.80. The molecule has 0 radical (unpaired) electrons. The Morgan fingerprint density at radius 3 is 2.71 bits per heavy atom. The van der Waals surface area contributed by atoms with Gasteiger partial charge in [-0.1, -0.05) is 40.0 Å². The number of thiazole rings is 1. The first-order chi connectivity index (χ1) is 8.24. The Hall–Kier alpha value is -0.410. The molecule has 0 saturated heterocycles. The van der Waals surface area contributed by atoms with E-state index in [1.807, 2.05) is 0 Å². The van der Waals surface area contributed by atoms with Gasteiger partial charge in [0.15, 0.2) is 0 Å². The van der Waals surface area contributed by atoms with E-state index in [4.69, 9.17) is 0 Å². The van der Waals surface area contributed by atoms with Gasteiger partial charge >= 0.3 is 0 Å². The zero-order chi connectivity index (χ0) is 12.5. The molecule has 17 heavy (non-hydrogen) atoms. The summed E-state index contributed by atoms with van der Waals surface area (Å²) in [5, 5.41) is 6.97. The summed E-state index contributed by atoms with van der Waals surface area (Å²) in [6.07, 6.45) is 6.43. The summed E-state index contributed by atoms with van der Waals surface area (Å²) in [4.78, 5) is 4.64. The van der Waals surface area contributed by atoms with Crippen LogP contribution in [0.5, 0.6) is 0 Å². The molecule has 1 rings (SSSR count). The zero-order valence-corrected chi connectivity index (χ0v) is 12.3. The fraction of sp³-hybridized carbons (Fsp3) is 0.786. The smallest absolute Gasteiger partial charge is 0.0941 e. The Balaban J connectivity index is 2.05. The molecule has 1 N–H and O–H groups in total. The normalized spacial score (nSPS) is 11.3. The molecule has 0 aliphatic heterocycles. The lowest BCUT2D eigenvalue weighted by atomic mass is 10.2. The van der Waals surface area contributed by atoms with E-state index in [0.717, 1.165) is 19.5 Å². The third-order valence-electron chi connectivity index (χ3n) is 2.88. The van der Waals surface area contributed by atoms with Crippen molar-refractivity contribution < 1.29 is 0 Å². The molecule has 0 aliphatic carbocycles. The maximum absolute atomic E-state index is 4.64. The van der Waals surface area contributed by atoms with Crippen LogP contribution >= 0.6 is 11.3 Å². The lowest BCUT2D eigenvalue weighted by Crippen LogP contribution is -2.18. The minimum absolute atomic E-state index is 0.557. The van der Waals surface area contributed by atoms with Crippen LogP contribution in [0, 0.1) is 0 Å². The number of aromatic nitrogens is 1.